The summed E-state index contributed by atoms with van der Waals surface area (Å²) in [6.45, 7) is 6.05. The molecule has 0 saturated heterocycles. The van der Waals surface area contributed by atoms with Gasteiger partial charge in [-0.05, 0) is 50.5 Å². The molecule has 0 heterocycles. The highest BCUT2D eigenvalue weighted by Crippen LogP contribution is 2.31. The van der Waals surface area contributed by atoms with Gasteiger partial charge in [0.05, 0.1) is 0 Å². The molecule has 3 atom stereocenters. The maximum absolute atomic E-state index is 3.74. The maximum atomic E-state index is 3.74. The zero-order valence-electron chi connectivity index (χ0n) is 10.5. The predicted molar refractivity (Wildman–Crippen MR) is 65.9 cm³/mol. The minimum absolute atomic E-state index is 0.756. The lowest BCUT2D eigenvalue weighted by Gasteiger charge is -2.29. The lowest BCUT2D eigenvalue weighted by Crippen LogP contribution is -2.33. The number of hydrogen-bond donors (Lipinski definition) is 1. The SMILES string of the molecule is CC1CCC(CNC(C)CC2CCC2)C1. The Hall–Kier alpha value is -0.0400. The molecule has 2 aliphatic carbocycles. The van der Waals surface area contributed by atoms with Crippen LogP contribution in [0.25, 0.3) is 0 Å². The molecule has 1 N–H and O–H groups in total. The molecular formula is C14H27N. The van der Waals surface area contributed by atoms with Gasteiger partial charge in [0.15, 0.2) is 0 Å². The monoisotopic (exact) mass is 209 g/mol. The molecule has 0 aromatic carbocycles. The first-order valence-corrected chi connectivity index (χ1v) is 6.97. The van der Waals surface area contributed by atoms with Crippen LogP contribution < -0.4 is 5.32 Å². The third kappa shape index (κ3) is 3.48. The third-order valence-corrected chi connectivity index (χ3v) is 4.47. The fraction of sp³-hybridized carbons (Fsp3) is 1.00. The van der Waals surface area contributed by atoms with E-state index >= 15 is 0 Å². The van der Waals surface area contributed by atoms with E-state index in [9.17, 15) is 0 Å². The van der Waals surface area contributed by atoms with E-state index in [1.54, 1.807) is 0 Å². The molecule has 0 amide bonds. The largest absolute Gasteiger partial charge is 0.314 e. The summed E-state index contributed by atoms with van der Waals surface area (Å²) in [5.41, 5.74) is 0. The van der Waals surface area contributed by atoms with E-state index in [-0.39, 0.29) is 0 Å². The summed E-state index contributed by atoms with van der Waals surface area (Å²) < 4.78 is 0. The second-order valence-corrected chi connectivity index (χ2v) is 6.13. The van der Waals surface area contributed by atoms with Crippen molar-refractivity contribution in [3.05, 3.63) is 0 Å². The van der Waals surface area contributed by atoms with Crippen LogP contribution in [-0.2, 0) is 0 Å². The number of nitrogens with one attached hydrogen (secondary N) is 1. The maximum Gasteiger partial charge on any atom is 0.00414 e. The molecule has 0 bridgehead atoms. The first-order chi connectivity index (χ1) is 7.24. The van der Waals surface area contributed by atoms with E-state index in [4.69, 9.17) is 0 Å². The van der Waals surface area contributed by atoms with Gasteiger partial charge in [-0.1, -0.05) is 32.6 Å². The van der Waals surface area contributed by atoms with Crippen molar-refractivity contribution in [3.63, 3.8) is 0 Å². The minimum Gasteiger partial charge on any atom is -0.314 e. The van der Waals surface area contributed by atoms with Gasteiger partial charge in [0.1, 0.15) is 0 Å². The Morgan fingerprint density at radius 1 is 1.13 bits per heavy atom. The molecule has 88 valence electrons. The third-order valence-electron chi connectivity index (χ3n) is 4.47. The highest BCUT2D eigenvalue weighted by atomic mass is 14.9. The van der Waals surface area contributed by atoms with Gasteiger partial charge in [0, 0.05) is 6.04 Å². The summed E-state index contributed by atoms with van der Waals surface area (Å²) in [5.74, 6) is 3.01. The highest BCUT2D eigenvalue weighted by molar-refractivity contribution is 4.78. The number of rotatable bonds is 5. The molecule has 2 saturated carbocycles. The van der Waals surface area contributed by atoms with Gasteiger partial charge in [0.25, 0.3) is 0 Å². The van der Waals surface area contributed by atoms with Crippen LogP contribution in [0.3, 0.4) is 0 Å². The van der Waals surface area contributed by atoms with Crippen LogP contribution in [0.4, 0.5) is 0 Å². The Labute approximate surface area is 95.0 Å². The van der Waals surface area contributed by atoms with Gasteiger partial charge in [-0.15, -0.1) is 0 Å². The zero-order chi connectivity index (χ0) is 10.7. The Balaban J connectivity index is 1.56. The summed E-state index contributed by atoms with van der Waals surface area (Å²) in [4.78, 5) is 0. The van der Waals surface area contributed by atoms with Crippen LogP contribution in [0.1, 0.15) is 58.8 Å². The fourth-order valence-electron chi connectivity index (χ4n) is 3.19. The molecule has 2 fully saturated rings. The minimum atomic E-state index is 0.756. The van der Waals surface area contributed by atoms with E-state index in [0.29, 0.717) is 0 Å². The normalized spacial score (nSPS) is 34.0. The van der Waals surface area contributed by atoms with Crippen LogP contribution in [0, 0.1) is 17.8 Å². The Morgan fingerprint density at radius 2 is 1.93 bits per heavy atom. The standard InChI is InChI=1S/C14H27N/c1-11-6-7-14(8-11)10-15-12(2)9-13-4-3-5-13/h11-15H,3-10H2,1-2H3. The van der Waals surface area contributed by atoms with Gasteiger partial charge in [-0.25, -0.2) is 0 Å². The van der Waals surface area contributed by atoms with Crippen molar-refractivity contribution in [2.24, 2.45) is 17.8 Å². The molecule has 1 heteroatoms. The van der Waals surface area contributed by atoms with E-state index in [0.717, 1.165) is 23.8 Å². The second-order valence-electron chi connectivity index (χ2n) is 6.13. The van der Waals surface area contributed by atoms with E-state index in [1.807, 2.05) is 0 Å². The summed E-state index contributed by atoms with van der Waals surface area (Å²) >= 11 is 0. The molecule has 15 heavy (non-hydrogen) atoms. The van der Waals surface area contributed by atoms with Crippen LogP contribution >= 0.6 is 0 Å². The lowest BCUT2D eigenvalue weighted by atomic mass is 9.81. The van der Waals surface area contributed by atoms with Crippen LogP contribution in [0.15, 0.2) is 0 Å². The van der Waals surface area contributed by atoms with Crippen LogP contribution in [0.2, 0.25) is 0 Å². The van der Waals surface area contributed by atoms with Crippen molar-refractivity contribution in [2.75, 3.05) is 6.54 Å². The van der Waals surface area contributed by atoms with E-state index in [1.165, 1.54) is 51.5 Å². The van der Waals surface area contributed by atoms with Gasteiger partial charge < -0.3 is 5.32 Å². The van der Waals surface area contributed by atoms with Crippen molar-refractivity contribution in [1.82, 2.24) is 5.32 Å². The molecule has 3 unspecified atom stereocenters. The molecule has 0 aromatic rings. The molecule has 0 radical (unpaired) electrons. The molecule has 1 nitrogen and oxygen atoms in total. The first-order valence-electron chi connectivity index (χ1n) is 6.97. The fourth-order valence-corrected chi connectivity index (χ4v) is 3.19. The first kappa shape index (κ1) is 11.4. The summed E-state index contributed by atoms with van der Waals surface area (Å²) in [6.07, 6.45) is 10.3. The van der Waals surface area contributed by atoms with E-state index < -0.39 is 0 Å². The van der Waals surface area contributed by atoms with Gasteiger partial charge in [-0.3, -0.25) is 0 Å². The molecule has 0 aliphatic heterocycles. The van der Waals surface area contributed by atoms with Crippen molar-refractivity contribution in [1.29, 1.82) is 0 Å². The summed E-state index contributed by atoms with van der Waals surface area (Å²) in [6, 6.07) is 0.756. The topological polar surface area (TPSA) is 12.0 Å². The van der Waals surface area contributed by atoms with Gasteiger partial charge >= 0.3 is 0 Å². The Bertz CT molecular complexity index is 186. The van der Waals surface area contributed by atoms with E-state index in [2.05, 4.69) is 19.2 Å². The molecule has 2 rings (SSSR count). The van der Waals surface area contributed by atoms with Crippen molar-refractivity contribution < 1.29 is 0 Å². The molecule has 0 aromatic heterocycles. The van der Waals surface area contributed by atoms with Crippen molar-refractivity contribution in [2.45, 2.75) is 64.8 Å². The lowest BCUT2D eigenvalue weighted by molar-refractivity contribution is 0.261. The zero-order valence-corrected chi connectivity index (χ0v) is 10.5. The quantitative estimate of drug-likeness (QED) is 0.729. The Morgan fingerprint density at radius 3 is 2.47 bits per heavy atom. The molecular weight excluding hydrogens is 182 g/mol. The van der Waals surface area contributed by atoms with Crippen molar-refractivity contribution in [3.8, 4) is 0 Å². The average Bonchev–Trinajstić information content (AvgIpc) is 2.55. The molecule has 2 aliphatic rings. The van der Waals surface area contributed by atoms with Crippen LogP contribution in [-0.4, -0.2) is 12.6 Å². The average molecular weight is 209 g/mol. The van der Waals surface area contributed by atoms with Crippen molar-refractivity contribution >= 4 is 0 Å². The molecule has 0 spiro atoms. The second kappa shape index (κ2) is 5.34. The summed E-state index contributed by atoms with van der Waals surface area (Å²) in [5, 5.41) is 3.74. The van der Waals surface area contributed by atoms with Gasteiger partial charge in [-0.2, -0.15) is 0 Å². The van der Waals surface area contributed by atoms with Gasteiger partial charge in [0.2, 0.25) is 0 Å². The summed E-state index contributed by atoms with van der Waals surface area (Å²) in [7, 11) is 0. The number of hydrogen-bond acceptors (Lipinski definition) is 1. The predicted octanol–water partition coefficient (Wildman–Crippen LogP) is 3.59. The Kier molecular flexibility index (Phi) is 4.07. The highest BCUT2D eigenvalue weighted by Gasteiger charge is 2.23. The smallest absolute Gasteiger partial charge is 0.00414 e. The van der Waals surface area contributed by atoms with Crippen LogP contribution in [0.5, 0.6) is 0 Å².